The van der Waals surface area contributed by atoms with Crippen molar-refractivity contribution in [3.63, 3.8) is 0 Å². The van der Waals surface area contributed by atoms with Crippen LogP contribution < -0.4 is 9.47 Å². The average Bonchev–Trinajstić information content (AvgIpc) is 2.46. The average molecular weight is 243 g/mol. The Morgan fingerprint density at radius 2 is 2.06 bits per heavy atom. The van der Waals surface area contributed by atoms with Crippen molar-refractivity contribution >= 4 is 6.29 Å². The van der Waals surface area contributed by atoms with Crippen LogP contribution in [0.5, 0.6) is 11.5 Å². The summed E-state index contributed by atoms with van der Waals surface area (Å²) in [7, 11) is 3.11. The maximum atomic E-state index is 10.9. The lowest BCUT2D eigenvalue weighted by molar-refractivity contribution is 0.112. The van der Waals surface area contributed by atoms with Crippen LogP contribution in [0.4, 0.5) is 0 Å². The number of carbonyl (C=O) groups excluding carboxylic acids is 1. The van der Waals surface area contributed by atoms with Crippen LogP contribution in [0.3, 0.4) is 0 Å². The van der Waals surface area contributed by atoms with Gasteiger partial charge in [0, 0.05) is 29.1 Å². The summed E-state index contributed by atoms with van der Waals surface area (Å²) in [6.45, 7) is 0. The molecule has 4 heteroatoms. The summed E-state index contributed by atoms with van der Waals surface area (Å²) in [5, 5.41) is 0. The standard InChI is InChI=1S/C14H13NO3/c1-17-13-7-10(9-16)6-12(14(13)18-2)11-4-3-5-15-8-11/h3-9H,1-2H3. The molecule has 0 aliphatic rings. The van der Waals surface area contributed by atoms with E-state index in [2.05, 4.69) is 4.98 Å². The van der Waals surface area contributed by atoms with E-state index in [0.717, 1.165) is 17.4 Å². The summed E-state index contributed by atoms with van der Waals surface area (Å²) in [5.41, 5.74) is 2.19. The van der Waals surface area contributed by atoms with E-state index in [1.807, 2.05) is 12.1 Å². The first-order chi connectivity index (χ1) is 8.80. The highest BCUT2D eigenvalue weighted by Crippen LogP contribution is 2.38. The highest BCUT2D eigenvalue weighted by atomic mass is 16.5. The van der Waals surface area contributed by atoms with Crippen LogP contribution >= 0.6 is 0 Å². The van der Waals surface area contributed by atoms with Gasteiger partial charge in [-0.15, -0.1) is 0 Å². The zero-order chi connectivity index (χ0) is 13.0. The third-order valence-electron chi connectivity index (χ3n) is 2.61. The van der Waals surface area contributed by atoms with Gasteiger partial charge in [0.05, 0.1) is 14.2 Å². The number of aromatic nitrogens is 1. The molecule has 0 aliphatic carbocycles. The molecule has 18 heavy (non-hydrogen) atoms. The van der Waals surface area contributed by atoms with Gasteiger partial charge in [-0.2, -0.15) is 0 Å². The molecule has 0 amide bonds. The van der Waals surface area contributed by atoms with Crippen LogP contribution in [-0.4, -0.2) is 25.5 Å². The van der Waals surface area contributed by atoms with Crippen molar-refractivity contribution < 1.29 is 14.3 Å². The van der Waals surface area contributed by atoms with Crippen molar-refractivity contribution in [2.75, 3.05) is 14.2 Å². The predicted molar refractivity (Wildman–Crippen MR) is 68.2 cm³/mol. The second-order valence-electron chi connectivity index (χ2n) is 3.66. The molecule has 1 heterocycles. The number of benzene rings is 1. The first-order valence-corrected chi connectivity index (χ1v) is 5.41. The van der Waals surface area contributed by atoms with Gasteiger partial charge >= 0.3 is 0 Å². The van der Waals surface area contributed by atoms with Gasteiger partial charge in [-0.1, -0.05) is 6.07 Å². The van der Waals surface area contributed by atoms with Crippen LogP contribution in [0.2, 0.25) is 0 Å². The van der Waals surface area contributed by atoms with E-state index in [1.165, 1.54) is 0 Å². The van der Waals surface area contributed by atoms with Gasteiger partial charge in [-0.3, -0.25) is 9.78 Å². The molecule has 0 spiro atoms. The van der Waals surface area contributed by atoms with E-state index in [1.54, 1.807) is 38.7 Å². The summed E-state index contributed by atoms with van der Waals surface area (Å²) >= 11 is 0. The molecule has 0 saturated heterocycles. The quantitative estimate of drug-likeness (QED) is 0.774. The molecule has 0 aliphatic heterocycles. The molecular weight excluding hydrogens is 230 g/mol. The van der Waals surface area contributed by atoms with E-state index in [0.29, 0.717) is 17.1 Å². The Hall–Kier alpha value is -2.36. The van der Waals surface area contributed by atoms with Crippen molar-refractivity contribution in [3.8, 4) is 22.6 Å². The van der Waals surface area contributed by atoms with Gasteiger partial charge in [0.2, 0.25) is 0 Å². The van der Waals surface area contributed by atoms with Gasteiger partial charge in [-0.25, -0.2) is 0 Å². The second-order valence-corrected chi connectivity index (χ2v) is 3.66. The van der Waals surface area contributed by atoms with Gasteiger partial charge in [0.15, 0.2) is 11.5 Å². The largest absolute Gasteiger partial charge is 0.493 e. The van der Waals surface area contributed by atoms with Crippen molar-refractivity contribution in [1.82, 2.24) is 4.98 Å². The molecule has 1 aromatic carbocycles. The number of ether oxygens (including phenoxy) is 2. The van der Waals surface area contributed by atoms with E-state index in [-0.39, 0.29) is 0 Å². The summed E-state index contributed by atoms with van der Waals surface area (Å²) in [4.78, 5) is 15.0. The molecule has 0 radical (unpaired) electrons. The first-order valence-electron chi connectivity index (χ1n) is 5.41. The molecule has 4 nitrogen and oxygen atoms in total. The van der Waals surface area contributed by atoms with Crippen LogP contribution in [0.15, 0.2) is 36.7 Å². The number of carbonyl (C=O) groups is 1. The number of methoxy groups -OCH3 is 2. The highest BCUT2D eigenvalue weighted by molar-refractivity contribution is 5.84. The number of rotatable bonds is 4. The van der Waals surface area contributed by atoms with Crippen LogP contribution in [-0.2, 0) is 0 Å². The van der Waals surface area contributed by atoms with Crippen molar-refractivity contribution in [2.24, 2.45) is 0 Å². The molecule has 0 bridgehead atoms. The lowest BCUT2D eigenvalue weighted by Gasteiger charge is -2.13. The molecule has 1 aromatic heterocycles. The van der Waals surface area contributed by atoms with E-state index < -0.39 is 0 Å². The van der Waals surface area contributed by atoms with Crippen molar-refractivity contribution in [2.45, 2.75) is 0 Å². The van der Waals surface area contributed by atoms with Crippen molar-refractivity contribution in [3.05, 3.63) is 42.2 Å². The summed E-state index contributed by atoms with van der Waals surface area (Å²) in [6.07, 6.45) is 4.19. The van der Waals surface area contributed by atoms with Gasteiger partial charge in [-0.05, 0) is 18.2 Å². The van der Waals surface area contributed by atoms with E-state index in [9.17, 15) is 4.79 Å². The van der Waals surface area contributed by atoms with Crippen molar-refractivity contribution in [1.29, 1.82) is 0 Å². The lowest BCUT2D eigenvalue weighted by atomic mass is 10.0. The topological polar surface area (TPSA) is 48.4 Å². The van der Waals surface area contributed by atoms with Crippen LogP contribution in [0, 0.1) is 0 Å². The SMILES string of the molecule is COc1cc(C=O)cc(-c2cccnc2)c1OC. The van der Waals surface area contributed by atoms with E-state index in [4.69, 9.17) is 9.47 Å². The minimum absolute atomic E-state index is 0.529. The Labute approximate surface area is 105 Å². The molecule has 0 saturated carbocycles. The minimum Gasteiger partial charge on any atom is -0.493 e. The lowest BCUT2D eigenvalue weighted by Crippen LogP contribution is -1.96. The molecule has 0 N–H and O–H groups in total. The van der Waals surface area contributed by atoms with Gasteiger partial charge < -0.3 is 9.47 Å². The third-order valence-corrected chi connectivity index (χ3v) is 2.61. The fraction of sp³-hybridized carbons (Fsp3) is 0.143. The number of pyridine rings is 1. The molecule has 0 unspecified atom stereocenters. The van der Waals surface area contributed by atoms with Gasteiger partial charge in [0.25, 0.3) is 0 Å². The summed E-state index contributed by atoms with van der Waals surface area (Å²) < 4.78 is 10.6. The molecule has 92 valence electrons. The molecule has 2 rings (SSSR count). The number of hydrogen-bond donors (Lipinski definition) is 0. The zero-order valence-corrected chi connectivity index (χ0v) is 10.2. The Balaban J connectivity index is 2.67. The highest BCUT2D eigenvalue weighted by Gasteiger charge is 2.13. The van der Waals surface area contributed by atoms with Crippen LogP contribution in [0.25, 0.3) is 11.1 Å². The third kappa shape index (κ3) is 2.18. The Bertz CT molecular complexity index is 552. The van der Waals surface area contributed by atoms with Crippen LogP contribution in [0.1, 0.15) is 10.4 Å². The number of nitrogens with zero attached hydrogens (tertiary/aromatic N) is 1. The monoisotopic (exact) mass is 243 g/mol. The van der Waals surface area contributed by atoms with E-state index >= 15 is 0 Å². The maximum Gasteiger partial charge on any atom is 0.168 e. The molecule has 0 atom stereocenters. The molecule has 2 aromatic rings. The Morgan fingerprint density at radius 1 is 1.22 bits per heavy atom. The number of aldehydes is 1. The van der Waals surface area contributed by atoms with Gasteiger partial charge in [0.1, 0.15) is 6.29 Å². The molecule has 0 fully saturated rings. The number of hydrogen-bond acceptors (Lipinski definition) is 4. The Morgan fingerprint density at radius 3 is 2.61 bits per heavy atom. The fourth-order valence-corrected chi connectivity index (χ4v) is 1.79. The fourth-order valence-electron chi connectivity index (χ4n) is 1.79. The Kier molecular flexibility index (Phi) is 3.57. The normalized spacial score (nSPS) is 9.89. The summed E-state index contributed by atoms with van der Waals surface area (Å²) in [6, 6.07) is 7.13. The first kappa shape index (κ1) is 12.1. The zero-order valence-electron chi connectivity index (χ0n) is 10.2. The maximum absolute atomic E-state index is 10.9. The minimum atomic E-state index is 0.529. The summed E-state index contributed by atoms with van der Waals surface area (Å²) in [5.74, 6) is 1.12. The smallest absolute Gasteiger partial charge is 0.168 e. The molecular formula is C14H13NO3. The second kappa shape index (κ2) is 5.31. The predicted octanol–water partition coefficient (Wildman–Crippen LogP) is 2.58.